The summed E-state index contributed by atoms with van der Waals surface area (Å²) in [6.45, 7) is 7.83. The summed E-state index contributed by atoms with van der Waals surface area (Å²) in [7, 11) is 0. The van der Waals surface area contributed by atoms with E-state index in [1.165, 1.54) is 12.0 Å². The number of furan rings is 1. The Morgan fingerprint density at radius 1 is 1.12 bits per heavy atom. The van der Waals surface area contributed by atoms with Gasteiger partial charge in [0.15, 0.2) is 5.76 Å². The van der Waals surface area contributed by atoms with Gasteiger partial charge < -0.3 is 19.2 Å². The SMILES string of the molecule is CCc1cc(OCCCCCNC2CCOCC2)c2cc(-c3cn4nc(CC)sc4n3)oc2c1. The Bertz CT molecular complexity index is 1190. The molecule has 4 aromatic rings. The fourth-order valence-corrected chi connectivity index (χ4v) is 5.22. The minimum atomic E-state index is 0.626. The number of aromatic nitrogens is 3. The molecular formula is C26H34N4O3S. The van der Waals surface area contributed by atoms with Crippen LogP contribution in [0.4, 0.5) is 0 Å². The number of hydrogen-bond donors (Lipinski definition) is 1. The van der Waals surface area contributed by atoms with Crippen molar-refractivity contribution in [2.24, 2.45) is 0 Å². The number of fused-ring (bicyclic) bond motifs is 2. The average molecular weight is 483 g/mol. The molecule has 182 valence electrons. The predicted molar refractivity (Wildman–Crippen MR) is 136 cm³/mol. The minimum Gasteiger partial charge on any atom is -0.493 e. The summed E-state index contributed by atoms with van der Waals surface area (Å²) in [6, 6.07) is 6.94. The summed E-state index contributed by atoms with van der Waals surface area (Å²) in [5.74, 6) is 1.65. The molecule has 0 aliphatic carbocycles. The van der Waals surface area contributed by atoms with Crippen LogP contribution in [0.1, 0.15) is 56.5 Å². The van der Waals surface area contributed by atoms with Gasteiger partial charge in [0.1, 0.15) is 22.0 Å². The van der Waals surface area contributed by atoms with E-state index < -0.39 is 0 Å². The lowest BCUT2D eigenvalue weighted by Gasteiger charge is -2.23. The number of ether oxygens (including phenoxy) is 2. The van der Waals surface area contributed by atoms with Gasteiger partial charge in [0.25, 0.3) is 0 Å². The highest BCUT2D eigenvalue weighted by atomic mass is 32.1. The van der Waals surface area contributed by atoms with E-state index in [1.807, 2.05) is 10.7 Å². The number of aryl methyl sites for hydroxylation is 2. The molecule has 0 unspecified atom stereocenters. The van der Waals surface area contributed by atoms with Crippen LogP contribution >= 0.6 is 11.3 Å². The van der Waals surface area contributed by atoms with E-state index in [-0.39, 0.29) is 0 Å². The molecule has 1 saturated heterocycles. The molecule has 0 bridgehead atoms. The Morgan fingerprint density at radius 3 is 2.79 bits per heavy atom. The first kappa shape index (κ1) is 23.3. The van der Waals surface area contributed by atoms with Gasteiger partial charge in [0.05, 0.1) is 18.2 Å². The third-order valence-corrected chi connectivity index (χ3v) is 7.51. The topological polar surface area (TPSA) is 73.8 Å². The predicted octanol–water partition coefficient (Wildman–Crippen LogP) is 5.65. The van der Waals surface area contributed by atoms with Gasteiger partial charge in [-0.1, -0.05) is 25.2 Å². The maximum atomic E-state index is 6.25. The largest absolute Gasteiger partial charge is 0.493 e. The summed E-state index contributed by atoms with van der Waals surface area (Å²) in [4.78, 5) is 5.62. The Hall–Kier alpha value is -2.42. The first-order chi connectivity index (χ1) is 16.7. The Morgan fingerprint density at radius 2 is 2.00 bits per heavy atom. The van der Waals surface area contributed by atoms with Crippen LogP contribution in [0.5, 0.6) is 5.75 Å². The Balaban J connectivity index is 1.20. The smallest absolute Gasteiger partial charge is 0.212 e. The van der Waals surface area contributed by atoms with Crippen molar-refractivity contribution >= 4 is 27.3 Å². The molecule has 0 saturated carbocycles. The van der Waals surface area contributed by atoms with Crippen molar-refractivity contribution in [3.8, 4) is 17.2 Å². The fraction of sp³-hybridized carbons (Fsp3) is 0.538. The normalized spacial score (nSPS) is 15.0. The van der Waals surface area contributed by atoms with Crippen LogP contribution in [-0.4, -0.2) is 47.0 Å². The van der Waals surface area contributed by atoms with E-state index in [0.29, 0.717) is 12.6 Å². The van der Waals surface area contributed by atoms with Crippen LogP contribution in [0.2, 0.25) is 0 Å². The van der Waals surface area contributed by atoms with Crippen molar-refractivity contribution in [1.29, 1.82) is 0 Å². The molecule has 1 aromatic carbocycles. The van der Waals surface area contributed by atoms with Gasteiger partial charge in [-0.05, 0) is 75.3 Å². The molecule has 1 aliphatic rings. The van der Waals surface area contributed by atoms with Gasteiger partial charge >= 0.3 is 0 Å². The third kappa shape index (κ3) is 5.29. The molecule has 0 spiro atoms. The number of hydrogen-bond acceptors (Lipinski definition) is 7. The highest BCUT2D eigenvalue weighted by Gasteiger charge is 2.16. The molecule has 8 heteroatoms. The third-order valence-electron chi connectivity index (χ3n) is 6.44. The van der Waals surface area contributed by atoms with Crippen LogP contribution in [-0.2, 0) is 17.6 Å². The highest BCUT2D eigenvalue weighted by molar-refractivity contribution is 7.16. The summed E-state index contributed by atoms with van der Waals surface area (Å²) < 4.78 is 19.7. The molecule has 4 heterocycles. The van der Waals surface area contributed by atoms with Gasteiger partial charge in [-0.15, -0.1) is 0 Å². The maximum Gasteiger partial charge on any atom is 0.212 e. The summed E-state index contributed by atoms with van der Waals surface area (Å²) in [5, 5.41) is 10.3. The summed E-state index contributed by atoms with van der Waals surface area (Å²) >= 11 is 1.62. The standard InChI is InChI=1S/C26H34N4O3S/c1-3-18-14-22(32-11-7-5-6-10-27-19-8-12-31-13-9-19)20-16-24(33-23(20)15-18)21-17-30-26(28-21)34-25(4-2)29-30/h14-17,19,27H,3-13H2,1-2H3. The zero-order valence-corrected chi connectivity index (χ0v) is 21.0. The first-order valence-electron chi connectivity index (χ1n) is 12.6. The lowest BCUT2D eigenvalue weighted by Crippen LogP contribution is -2.35. The number of nitrogens with zero attached hydrogens (tertiary/aromatic N) is 3. The van der Waals surface area contributed by atoms with E-state index >= 15 is 0 Å². The van der Waals surface area contributed by atoms with E-state index in [2.05, 4.69) is 42.5 Å². The van der Waals surface area contributed by atoms with E-state index in [0.717, 1.165) is 96.4 Å². The van der Waals surface area contributed by atoms with Crippen molar-refractivity contribution < 1.29 is 13.9 Å². The lowest BCUT2D eigenvalue weighted by molar-refractivity contribution is 0.0780. The second kappa shape index (κ2) is 10.9. The first-order valence-corrected chi connectivity index (χ1v) is 13.4. The van der Waals surface area contributed by atoms with Crippen LogP contribution in [0.25, 0.3) is 27.4 Å². The molecule has 1 aliphatic heterocycles. The van der Waals surface area contributed by atoms with Gasteiger partial charge in [-0.3, -0.25) is 0 Å². The van der Waals surface area contributed by atoms with Crippen LogP contribution in [0, 0.1) is 0 Å². The van der Waals surface area contributed by atoms with E-state index in [1.54, 1.807) is 11.3 Å². The number of imidazole rings is 1. The Kier molecular flexibility index (Phi) is 7.47. The molecule has 0 amide bonds. The molecule has 0 atom stereocenters. The number of rotatable bonds is 11. The monoisotopic (exact) mass is 482 g/mol. The number of unbranched alkanes of at least 4 members (excludes halogenated alkanes) is 2. The molecule has 34 heavy (non-hydrogen) atoms. The number of nitrogens with one attached hydrogen (secondary N) is 1. The molecule has 1 fully saturated rings. The number of benzene rings is 1. The van der Waals surface area contributed by atoms with Gasteiger partial charge in [0.2, 0.25) is 4.96 Å². The zero-order chi connectivity index (χ0) is 23.3. The fourth-order valence-electron chi connectivity index (χ4n) is 4.41. The van der Waals surface area contributed by atoms with Crippen LogP contribution in [0.15, 0.2) is 28.8 Å². The van der Waals surface area contributed by atoms with Crippen molar-refractivity contribution in [2.45, 2.75) is 64.8 Å². The van der Waals surface area contributed by atoms with Crippen molar-refractivity contribution in [3.63, 3.8) is 0 Å². The quantitative estimate of drug-likeness (QED) is 0.279. The van der Waals surface area contributed by atoms with Gasteiger partial charge in [-0.25, -0.2) is 9.50 Å². The second-order valence-corrected chi connectivity index (χ2v) is 9.96. The van der Waals surface area contributed by atoms with Crippen LogP contribution in [0.3, 0.4) is 0 Å². The zero-order valence-electron chi connectivity index (χ0n) is 20.1. The second-order valence-electron chi connectivity index (χ2n) is 8.92. The van der Waals surface area contributed by atoms with Crippen molar-refractivity contribution in [2.75, 3.05) is 26.4 Å². The van der Waals surface area contributed by atoms with Gasteiger partial charge in [-0.2, -0.15) is 5.10 Å². The van der Waals surface area contributed by atoms with Crippen molar-refractivity contribution in [1.82, 2.24) is 19.9 Å². The maximum absolute atomic E-state index is 6.25. The lowest BCUT2D eigenvalue weighted by atomic mass is 10.1. The van der Waals surface area contributed by atoms with E-state index in [4.69, 9.17) is 18.9 Å². The van der Waals surface area contributed by atoms with Crippen molar-refractivity contribution in [3.05, 3.63) is 35.0 Å². The van der Waals surface area contributed by atoms with Crippen LogP contribution < -0.4 is 10.1 Å². The summed E-state index contributed by atoms with van der Waals surface area (Å²) in [5.41, 5.74) is 2.87. The molecule has 5 rings (SSSR count). The molecule has 3 aromatic heterocycles. The Labute approximate surface area is 204 Å². The molecular weight excluding hydrogens is 448 g/mol. The highest BCUT2D eigenvalue weighted by Crippen LogP contribution is 2.35. The molecule has 7 nitrogen and oxygen atoms in total. The van der Waals surface area contributed by atoms with E-state index in [9.17, 15) is 0 Å². The molecule has 1 N–H and O–H groups in total. The van der Waals surface area contributed by atoms with Gasteiger partial charge in [0, 0.05) is 19.3 Å². The minimum absolute atomic E-state index is 0.626. The average Bonchev–Trinajstić information content (AvgIpc) is 3.56. The summed E-state index contributed by atoms with van der Waals surface area (Å²) in [6.07, 6.45) is 9.43. The molecule has 0 radical (unpaired) electrons.